The van der Waals surface area contributed by atoms with Gasteiger partial charge in [0.05, 0.1) is 0 Å². The smallest absolute Gasteiger partial charge is 0.331 e. The van der Waals surface area contributed by atoms with Crippen LogP contribution in [0.5, 0.6) is 0 Å². The summed E-state index contributed by atoms with van der Waals surface area (Å²) >= 11 is 5.89. The molecule has 0 unspecified atom stereocenters. The summed E-state index contributed by atoms with van der Waals surface area (Å²) < 4.78 is 42.1. The van der Waals surface area contributed by atoms with Crippen LogP contribution in [0.3, 0.4) is 0 Å². The normalized spacial score (nSPS) is 14.1. The molecule has 0 saturated heterocycles. The minimum Gasteiger partial charge on any atom is -0.331 e. The van der Waals surface area contributed by atoms with E-state index in [1.165, 1.54) is 0 Å². The van der Waals surface area contributed by atoms with Gasteiger partial charge in [-0.05, 0) is 42.7 Å². The van der Waals surface area contributed by atoms with Crippen LogP contribution in [-0.2, 0) is 12.7 Å². The molecule has 0 radical (unpaired) electrons. The first-order chi connectivity index (χ1) is 13.8. The summed E-state index contributed by atoms with van der Waals surface area (Å²) in [5.74, 6) is -1.61. The molecule has 0 aliphatic heterocycles. The molecule has 3 aromatic rings. The first-order valence-electron chi connectivity index (χ1n) is 8.88. The Morgan fingerprint density at radius 1 is 1.10 bits per heavy atom. The van der Waals surface area contributed by atoms with E-state index in [-0.39, 0.29) is 17.8 Å². The largest absolute Gasteiger partial charge is 0.471 e. The molecule has 0 bridgehead atoms. The van der Waals surface area contributed by atoms with Gasteiger partial charge in [0.1, 0.15) is 0 Å². The van der Waals surface area contributed by atoms with Crippen LogP contribution in [0, 0.1) is 0 Å². The van der Waals surface area contributed by atoms with Gasteiger partial charge < -0.3 is 9.42 Å². The number of rotatable bonds is 5. The number of carbonyl (C=O) groups excluding carboxylic acids is 1. The highest BCUT2D eigenvalue weighted by Crippen LogP contribution is 2.31. The average Bonchev–Trinajstić information content (AvgIpc) is 3.40. The van der Waals surface area contributed by atoms with Crippen molar-refractivity contribution >= 4 is 17.5 Å². The Hall–Kier alpha value is -2.87. The number of halogens is 4. The molecule has 5 nitrogen and oxygen atoms in total. The molecule has 4 rings (SSSR count). The molecule has 0 N–H and O–H groups in total. The molecule has 1 aliphatic rings. The van der Waals surface area contributed by atoms with Crippen molar-refractivity contribution in [2.24, 2.45) is 0 Å². The Bertz CT molecular complexity index is 1010. The Morgan fingerprint density at radius 2 is 1.76 bits per heavy atom. The molecular formula is C20H15ClF3N3O2. The van der Waals surface area contributed by atoms with Crippen molar-refractivity contribution in [3.63, 3.8) is 0 Å². The molecule has 29 heavy (non-hydrogen) atoms. The van der Waals surface area contributed by atoms with Crippen LogP contribution in [0.25, 0.3) is 11.4 Å². The monoisotopic (exact) mass is 421 g/mol. The van der Waals surface area contributed by atoms with Gasteiger partial charge in [-0.2, -0.15) is 18.2 Å². The van der Waals surface area contributed by atoms with Crippen LogP contribution in [0.4, 0.5) is 13.2 Å². The van der Waals surface area contributed by atoms with E-state index in [4.69, 9.17) is 11.6 Å². The molecule has 1 heterocycles. The highest BCUT2D eigenvalue weighted by molar-refractivity contribution is 6.30. The number of hydrogen-bond acceptors (Lipinski definition) is 4. The van der Waals surface area contributed by atoms with Gasteiger partial charge in [0.2, 0.25) is 5.82 Å². The van der Waals surface area contributed by atoms with Gasteiger partial charge >= 0.3 is 12.1 Å². The van der Waals surface area contributed by atoms with Gasteiger partial charge in [-0.25, -0.2) is 0 Å². The van der Waals surface area contributed by atoms with Crippen LogP contribution < -0.4 is 0 Å². The minimum absolute atomic E-state index is 0.0822. The van der Waals surface area contributed by atoms with E-state index >= 15 is 0 Å². The van der Waals surface area contributed by atoms with Gasteiger partial charge in [0.25, 0.3) is 5.91 Å². The molecule has 1 amide bonds. The van der Waals surface area contributed by atoms with Crippen LogP contribution >= 0.6 is 11.6 Å². The third kappa shape index (κ3) is 4.42. The fraction of sp³-hybridized carbons (Fsp3) is 0.250. The molecule has 9 heteroatoms. The molecule has 1 fully saturated rings. The van der Waals surface area contributed by atoms with E-state index in [0.29, 0.717) is 22.7 Å². The Labute approximate surface area is 169 Å². The van der Waals surface area contributed by atoms with Crippen molar-refractivity contribution in [2.45, 2.75) is 31.6 Å². The van der Waals surface area contributed by atoms with Crippen molar-refractivity contribution < 1.29 is 22.5 Å². The second kappa shape index (κ2) is 7.51. The fourth-order valence-electron chi connectivity index (χ4n) is 2.92. The lowest BCUT2D eigenvalue weighted by atomic mass is 10.1. The van der Waals surface area contributed by atoms with Crippen molar-refractivity contribution in [2.75, 3.05) is 0 Å². The number of benzene rings is 2. The second-order valence-corrected chi connectivity index (χ2v) is 7.23. The van der Waals surface area contributed by atoms with Gasteiger partial charge in [0.15, 0.2) is 0 Å². The van der Waals surface area contributed by atoms with Crippen molar-refractivity contribution in [3.05, 3.63) is 70.6 Å². The molecule has 1 saturated carbocycles. The van der Waals surface area contributed by atoms with E-state index in [2.05, 4.69) is 14.7 Å². The van der Waals surface area contributed by atoms with Gasteiger partial charge in [-0.1, -0.05) is 41.0 Å². The number of carbonyl (C=O) groups is 1. The molecular weight excluding hydrogens is 407 g/mol. The third-order valence-electron chi connectivity index (χ3n) is 4.57. The quantitative estimate of drug-likeness (QED) is 0.567. The van der Waals surface area contributed by atoms with Gasteiger partial charge in [-0.15, -0.1) is 0 Å². The Morgan fingerprint density at radius 3 is 2.31 bits per heavy atom. The van der Waals surface area contributed by atoms with Gasteiger partial charge in [-0.3, -0.25) is 4.79 Å². The minimum atomic E-state index is -4.68. The first kappa shape index (κ1) is 19.4. The maximum absolute atomic E-state index is 12.9. The topological polar surface area (TPSA) is 59.2 Å². The molecule has 150 valence electrons. The first-order valence-corrected chi connectivity index (χ1v) is 9.26. The lowest BCUT2D eigenvalue weighted by molar-refractivity contribution is -0.159. The van der Waals surface area contributed by atoms with Crippen molar-refractivity contribution in [1.82, 2.24) is 15.0 Å². The van der Waals surface area contributed by atoms with Gasteiger partial charge in [0, 0.05) is 28.7 Å². The highest BCUT2D eigenvalue weighted by atomic mass is 35.5. The fourth-order valence-corrected chi connectivity index (χ4v) is 3.05. The number of hydrogen-bond donors (Lipinski definition) is 0. The van der Waals surface area contributed by atoms with E-state index in [9.17, 15) is 18.0 Å². The van der Waals surface area contributed by atoms with Crippen molar-refractivity contribution in [1.29, 1.82) is 0 Å². The summed E-state index contributed by atoms with van der Waals surface area (Å²) in [6.07, 6.45) is -2.79. The zero-order valence-electron chi connectivity index (χ0n) is 15.0. The van der Waals surface area contributed by atoms with E-state index in [0.717, 1.165) is 18.4 Å². The SMILES string of the molecule is O=C(c1ccc(Cl)cc1)N(Cc1ccc(-c2noc(C(F)(F)F)n2)cc1)C1CC1. The molecule has 0 spiro atoms. The van der Waals surface area contributed by atoms with Crippen molar-refractivity contribution in [3.8, 4) is 11.4 Å². The number of alkyl halides is 3. The lowest BCUT2D eigenvalue weighted by Gasteiger charge is -2.23. The molecule has 2 aromatic carbocycles. The molecule has 1 aromatic heterocycles. The predicted molar refractivity (Wildman–Crippen MR) is 99.1 cm³/mol. The van der Waals surface area contributed by atoms with Crippen LogP contribution in [0.1, 0.15) is 34.7 Å². The third-order valence-corrected chi connectivity index (χ3v) is 4.83. The number of aromatic nitrogens is 2. The summed E-state index contributed by atoms with van der Waals surface area (Å²) in [6, 6.07) is 13.6. The zero-order valence-corrected chi connectivity index (χ0v) is 15.7. The van der Waals surface area contributed by atoms with Crippen LogP contribution in [0.15, 0.2) is 53.1 Å². The summed E-state index contributed by atoms with van der Waals surface area (Å²) in [4.78, 5) is 18.0. The Balaban J connectivity index is 1.50. The average molecular weight is 422 g/mol. The maximum Gasteiger partial charge on any atom is 0.471 e. The number of amides is 1. The maximum atomic E-state index is 12.9. The highest BCUT2D eigenvalue weighted by Gasteiger charge is 2.38. The zero-order chi connectivity index (χ0) is 20.6. The standard InChI is InChI=1S/C20H15ClF3N3O2/c21-15-7-5-14(6-8-15)18(28)27(16-9-10-16)11-12-1-3-13(4-2-12)17-25-19(29-26-17)20(22,23)24/h1-8,16H,9-11H2. The summed E-state index contributed by atoms with van der Waals surface area (Å²) in [5, 5.41) is 3.94. The summed E-state index contributed by atoms with van der Waals surface area (Å²) in [7, 11) is 0. The molecule has 0 atom stereocenters. The van der Waals surface area contributed by atoms with E-state index in [1.54, 1.807) is 53.4 Å². The van der Waals surface area contributed by atoms with E-state index < -0.39 is 12.1 Å². The molecule has 1 aliphatic carbocycles. The van der Waals surface area contributed by atoms with Crippen LogP contribution in [0.2, 0.25) is 5.02 Å². The lowest BCUT2D eigenvalue weighted by Crippen LogP contribution is -2.32. The summed E-state index contributed by atoms with van der Waals surface area (Å²) in [5.41, 5.74) is 1.81. The Kier molecular flexibility index (Phi) is 5.04. The summed E-state index contributed by atoms with van der Waals surface area (Å²) in [6.45, 7) is 0.395. The predicted octanol–water partition coefficient (Wildman–Crippen LogP) is 5.21. The second-order valence-electron chi connectivity index (χ2n) is 6.79. The number of nitrogens with zero attached hydrogens (tertiary/aromatic N) is 3. The van der Waals surface area contributed by atoms with Crippen LogP contribution in [-0.4, -0.2) is 27.0 Å². The van der Waals surface area contributed by atoms with E-state index in [1.807, 2.05) is 0 Å².